The highest BCUT2D eigenvalue weighted by molar-refractivity contribution is 6.22. The van der Waals surface area contributed by atoms with Gasteiger partial charge in [0.25, 0.3) is 0 Å². The molecule has 3 fully saturated rings. The van der Waals surface area contributed by atoms with Crippen LogP contribution in [0.25, 0.3) is 6.08 Å². The van der Waals surface area contributed by atoms with Crippen molar-refractivity contribution in [3.05, 3.63) is 103 Å². The molecular formula is C33H27N3O7. The van der Waals surface area contributed by atoms with Gasteiger partial charge >= 0.3 is 18.0 Å². The Labute approximate surface area is 247 Å². The van der Waals surface area contributed by atoms with Crippen molar-refractivity contribution in [2.75, 3.05) is 30.2 Å². The standard InChI is InChI=1S/C33H27N3O7/c1-40-29(37)28-24-19-34-30(38)35(22-8-4-2-5-9-22)31(39)36(23-10-6-3-7-11-23)33(34,32(24)16-15-26(28)43-32)17-14-21-12-13-25-27(18-21)42-20-41-25/h2-18,24,26,28H,19-20H2,1H3/b17-14+/t24-,26-,28-,32+,33+/m1/s1. The highest BCUT2D eigenvalue weighted by Crippen LogP contribution is 2.62. The van der Waals surface area contributed by atoms with Gasteiger partial charge in [0.15, 0.2) is 17.2 Å². The normalized spacial score (nSPS) is 29.9. The molecule has 0 aliphatic carbocycles. The third-order valence-corrected chi connectivity index (χ3v) is 9.12. The predicted octanol–water partition coefficient (Wildman–Crippen LogP) is 4.82. The smallest absolute Gasteiger partial charge is 0.339 e. The van der Waals surface area contributed by atoms with E-state index in [0.29, 0.717) is 22.9 Å². The van der Waals surface area contributed by atoms with Gasteiger partial charge < -0.3 is 18.9 Å². The molecule has 0 aromatic heterocycles. The zero-order valence-electron chi connectivity index (χ0n) is 23.2. The van der Waals surface area contributed by atoms with Crippen molar-refractivity contribution in [1.29, 1.82) is 0 Å². The van der Waals surface area contributed by atoms with Crippen LogP contribution >= 0.6 is 0 Å². The van der Waals surface area contributed by atoms with Crippen LogP contribution in [-0.4, -0.2) is 60.7 Å². The molecule has 10 nitrogen and oxygen atoms in total. The lowest BCUT2D eigenvalue weighted by Gasteiger charge is -2.55. The molecular weight excluding hydrogens is 550 g/mol. The lowest BCUT2D eigenvalue weighted by atomic mass is 9.71. The van der Waals surface area contributed by atoms with Gasteiger partial charge in [-0.25, -0.2) is 14.5 Å². The quantitative estimate of drug-likeness (QED) is 0.317. The number of carbonyl (C=O) groups excluding carboxylic acids is 3. The van der Waals surface area contributed by atoms with Crippen molar-refractivity contribution in [3.63, 3.8) is 0 Å². The van der Waals surface area contributed by atoms with E-state index in [1.165, 1.54) is 12.0 Å². The Hall–Kier alpha value is -5.09. The summed E-state index contributed by atoms with van der Waals surface area (Å²) in [7, 11) is 1.35. The van der Waals surface area contributed by atoms with E-state index < -0.39 is 47.2 Å². The molecule has 3 aromatic carbocycles. The Bertz CT molecular complexity index is 1710. The second-order valence-electron chi connectivity index (χ2n) is 11.1. The van der Waals surface area contributed by atoms with Crippen molar-refractivity contribution >= 4 is 35.5 Å². The molecule has 5 aliphatic rings. The molecule has 10 heteroatoms. The molecule has 0 saturated carbocycles. The highest BCUT2D eigenvalue weighted by Gasteiger charge is 2.78. The number of imide groups is 1. The third kappa shape index (κ3) is 3.35. The van der Waals surface area contributed by atoms with E-state index in [1.807, 2.05) is 78.9 Å². The Morgan fingerprint density at radius 1 is 0.930 bits per heavy atom. The summed E-state index contributed by atoms with van der Waals surface area (Å²) in [6, 6.07) is 22.6. The van der Waals surface area contributed by atoms with Gasteiger partial charge in [-0.15, -0.1) is 0 Å². The van der Waals surface area contributed by atoms with E-state index in [4.69, 9.17) is 18.9 Å². The number of hydrogen-bond acceptors (Lipinski definition) is 7. The average Bonchev–Trinajstić information content (AvgIpc) is 3.81. The molecule has 1 spiro atoms. The van der Waals surface area contributed by atoms with E-state index in [-0.39, 0.29) is 13.3 Å². The molecule has 216 valence electrons. The largest absolute Gasteiger partial charge is 0.469 e. The second kappa shape index (κ2) is 9.20. The number of urea groups is 2. The summed E-state index contributed by atoms with van der Waals surface area (Å²) < 4.78 is 23.0. The molecule has 2 bridgehead atoms. The molecule has 0 N–H and O–H groups in total. The average molecular weight is 578 g/mol. The number of hydrogen-bond donors (Lipinski definition) is 0. The van der Waals surface area contributed by atoms with Gasteiger partial charge in [-0.1, -0.05) is 54.6 Å². The molecule has 8 rings (SSSR count). The van der Waals surface area contributed by atoms with Gasteiger partial charge in [0.05, 0.1) is 24.8 Å². The molecule has 43 heavy (non-hydrogen) atoms. The number of anilines is 2. The van der Waals surface area contributed by atoms with E-state index in [2.05, 4.69) is 0 Å². The fourth-order valence-corrected chi connectivity index (χ4v) is 7.33. The van der Waals surface area contributed by atoms with Gasteiger partial charge in [-0.05, 0) is 54.1 Å². The van der Waals surface area contributed by atoms with E-state index in [1.54, 1.807) is 34.1 Å². The SMILES string of the molecule is COC(=O)[C@@H]1[C@H]2CN3C(=O)N(c4ccccc4)C(=O)N(c4ccccc4)[C@@]3(/C=C/c3ccc4c(c3)OCO4)[C@]23C=C[C@H]1O3. The van der Waals surface area contributed by atoms with Gasteiger partial charge in [-0.2, -0.15) is 0 Å². The number of methoxy groups -OCH3 is 1. The zero-order valence-corrected chi connectivity index (χ0v) is 23.2. The van der Waals surface area contributed by atoms with Crippen LogP contribution in [0.3, 0.4) is 0 Å². The fourth-order valence-electron chi connectivity index (χ4n) is 7.33. The van der Waals surface area contributed by atoms with Gasteiger partial charge in [-0.3, -0.25) is 14.6 Å². The Balaban J connectivity index is 1.37. The summed E-state index contributed by atoms with van der Waals surface area (Å²) in [5.74, 6) is -0.294. The number of benzene rings is 3. The molecule has 0 radical (unpaired) electrons. The van der Waals surface area contributed by atoms with Crippen molar-refractivity contribution in [2.45, 2.75) is 17.4 Å². The summed E-state index contributed by atoms with van der Waals surface area (Å²) in [6.07, 6.45) is 6.92. The Morgan fingerprint density at radius 3 is 2.40 bits per heavy atom. The first kappa shape index (κ1) is 25.6. The number of esters is 1. The maximum absolute atomic E-state index is 14.7. The van der Waals surface area contributed by atoms with Crippen LogP contribution in [0.2, 0.25) is 0 Å². The van der Waals surface area contributed by atoms with Crippen LogP contribution in [0.4, 0.5) is 21.0 Å². The van der Waals surface area contributed by atoms with Crippen LogP contribution in [-0.2, 0) is 14.3 Å². The van der Waals surface area contributed by atoms with Gasteiger partial charge in [0, 0.05) is 18.2 Å². The van der Waals surface area contributed by atoms with Crippen molar-refractivity contribution in [1.82, 2.24) is 4.90 Å². The molecule has 5 atom stereocenters. The van der Waals surface area contributed by atoms with Crippen LogP contribution in [0.15, 0.2) is 97.1 Å². The molecule has 4 amide bonds. The van der Waals surface area contributed by atoms with Crippen LogP contribution < -0.4 is 19.3 Å². The first-order valence-corrected chi connectivity index (χ1v) is 14.1. The number of ether oxygens (including phenoxy) is 4. The van der Waals surface area contributed by atoms with Gasteiger partial charge in [0.1, 0.15) is 5.60 Å². The monoisotopic (exact) mass is 577 g/mol. The minimum atomic E-state index is -1.47. The van der Waals surface area contributed by atoms with Crippen molar-refractivity contribution < 1.29 is 33.3 Å². The Kier molecular flexibility index (Phi) is 5.48. The van der Waals surface area contributed by atoms with Crippen molar-refractivity contribution in [3.8, 4) is 11.5 Å². The number of fused-ring (bicyclic) bond motifs is 3. The number of carbonyl (C=O) groups is 3. The summed E-state index contributed by atoms with van der Waals surface area (Å²) in [6.45, 7) is 0.297. The van der Waals surface area contributed by atoms with Crippen molar-refractivity contribution in [2.24, 2.45) is 11.8 Å². The number of amides is 4. The number of para-hydroxylation sites is 2. The molecule has 0 unspecified atom stereocenters. The first-order valence-electron chi connectivity index (χ1n) is 14.1. The molecule has 5 heterocycles. The summed E-state index contributed by atoms with van der Waals surface area (Å²) >= 11 is 0. The highest BCUT2D eigenvalue weighted by atomic mass is 16.7. The van der Waals surface area contributed by atoms with E-state index >= 15 is 0 Å². The lowest BCUT2D eigenvalue weighted by Crippen LogP contribution is -2.77. The topological polar surface area (TPSA) is 97.9 Å². The summed E-state index contributed by atoms with van der Waals surface area (Å²) in [5, 5.41) is 0. The third-order valence-electron chi connectivity index (χ3n) is 9.12. The summed E-state index contributed by atoms with van der Waals surface area (Å²) in [4.78, 5) is 46.9. The zero-order chi connectivity index (χ0) is 29.3. The van der Waals surface area contributed by atoms with Crippen LogP contribution in [0.5, 0.6) is 11.5 Å². The molecule has 5 aliphatic heterocycles. The van der Waals surface area contributed by atoms with E-state index in [9.17, 15) is 14.4 Å². The molecule has 3 aromatic rings. The fraction of sp³-hybridized carbons (Fsp3) is 0.242. The lowest BCUT2D eigenvalue weighted by molar-refractivity contribution is -0.147. The second-order valence-corrected chi connectivity index (χ2v) is 11.1. The molecule has 3 saturated heterocycles. The predicted molar refractivity (Wildman–Crippen MR) is 155 cm³/mol. The van der Waals surface area contributed by atoms with Gasteiger partial charge in [0.2, 0.25) is 6.79 Å². The minimum absolute atomic E-state index is 0.139. The first-order chi connectivity index (χ1) is 21.0. The maximum atomic E-state index is 14.7. The van der Waals surface area contributed by atoms with E-state index in [0.717, 1.165) is 5.56 Å². The van der Waals surface area contributed by atoms with Crippen LogP contribution in [0.1, 0.15) is 5.56 Å². The number of nitrogens with zero attached hydrogens (tertiary/aromatic N) is 3. The minimum Gasteiger partial charge on any atom is -0.469 e. The van der Waals surface area contributed by atoms with Crippen LogP contribution in [0, 0.1) is 11.8 Å². The number of rotatable bonds is 5. The maximum Gasteiger partial charge on any atom is 0.339 e. The summed E-state index contributed by atoms with van der Waals surface area (Å²) in [5.41, 5.74) is -0.918. The Morgan fingerprint density at radius 2 is 1.65 bits per heavy atom.